The number of aliphatic imine (C=N–C) groups is 1. The van der Waals surface area contributed by atoms with Crippen LogP contribution in [-0.2, 0) is 11.2 Å². The molecule has 2 aromatic carbocycles. The second-order valence-corrected chi connectivity index (χ2v) is 8.62. The van der Waals surface area contributed by atoms with Gasteiger partial charge in [0, 0.05) is 55.7 Å². The third kappa shape index (κ3) is 7.41. The molecule has 1 fully saturated rings. The first kappa shape index (κ1) is 22.2. The van der Waals surface area contributed by atoms with E-state index in [-0.39, 0.29) is 5.91 Å². The number of benzene rings is 2. The first-order valence-electron chi connectivity index (χ1n) is 10.8. The van der Waals surface area contributed by atoms with Gasteiger partial charge in [0.25, 0.3) is 0 Å². The highest BCUT2D eigenvalue weighted by Gasteiger charge is 2.28. The zero-order chi connectivity index (χ0) is 21.0. The van der Waals surface area contributed by atoms with Gasteiger partial charge in [0.2, 0.25) is 5.91 Å². The Morgan fingerprint density at radius 1 is 1.10 bits per heavy atom. The Labute approximate surface area is 184 Å². The van der Waals surface area contributed by atoms with E-state index in [0.29, 0.717) is 18.9 Å². The third-order valence-corrected chi connectivity index (χ3v) is 6.08. The van der Waals surface area contributed by atoms with E-state index in [1.165, 1.54) is 10.5 Å². The highest BCUT2D eigenvalue weighted by Crippen LogP contribution is 2.19. The van der Waals surface area contributed by atoms with Crippen LogP contribution in [0.2, 0.25) is 0 Å². The van der Waals surface area contributed by atoms with E-state index in [4.69, 9.17) is 4.99 Å². The average Bonchev–Trinajstić information content (AvgIpc) is 3.14. The maximum Gasteiger partial charge on any atom is 0.223 e. The molecule has 0 saturated carbocycles. The first-order chi connectivity index (χ1) is 14.7. The summed E-state index contributed by atoms with van der Waals surface area (Å²) in [4.78, 5) is 20.4. The van der Waals surface area contributed by atoms with Crippen molar-refractivity contribution in [3.05, 3.63) is 66.2 Å². The number of guanidine groups is 1. The molecule has 1 atom stereocenters. The molecule has 160 valence electrons. The highest BCUT2D eigenvalue weighted by molar-refractivity contribution is 7.99. The number of hydrogen-bond acceptors (Lipinski definition) is 3. The molecule has 0 spiro atoms. The number of thioether (sulfide) groups is 1. The van der Waals surface area contributed by atoms with Crippen LogP contribution in [0.25, 0.3) is 0 Å². The SMILES string of the molecule is CCNC(=NCC1CC(=O)N(CCc2ccccc2)C1)NCCSc1ccccc1. The standard InChI is InChI=1S/C24H32N4OS/c1-2-25-24(26-14-16-30-22-11-7-4-8-12-22)27-18-21-17-23(29)28(19-21)15-13-20-9-5-3-6-10-20/h3-12,21H,2,13-19H2,1H3,(H2,25,26,27). The predicted octanol–water partition coefficient (Wildman–Crippen LogP) is 3.43. The number of nitrogens with zero attached hydrogens (tertiary/aromatic N) is 2. The van der Waals surface area contributed by atoms with Crippen molar-refractivity contribution in [3.63, 3.8) is 0 Å². The Balaban J connectivity index is 1.40. The minimum atomic E-state index is 0.253. The van der Waals surface area contributed by atoms with E-state index < -0.39 is 0 Å². The maximum atomic E-state index is 12.4. The molecule has 1 aliphatic rings. The van der Waals surface area contributed by atoms with E-state index >= 15 is 0 Å². The van der Waals surface area contributed by atoms with Crippen LogP contribution < -0.4 is 10.6 Å². The van der Waals surface area contributed by atoms with Crippen LogP contribution in [-0.4, -0.2) is 55.2 Å². The van der Waals surface area contributed by atoms with Gasteiger partial charge < -0.3 is 15.5 Å². The molecule has 6 heteroatoms. The summed E-state index contributed by atoms with van der Waals surface area (Å²) in [7, 11) is 0. The van der Waals surface area contributed by atoms with Gasteiger partial charge in [0.15, 0.2) is 5.96 Å². The third-order valence-electron chi connectivity index (χ3n) is 5.07. The molecule has 3 rings (SSSR count). The van der Waals surface area contributed by atoms with Gasteiger partial charge in [-0.1, -0.05) is 48.5 Å². The van der Waals surface area contributed by atoms with Crippen LogP contribution in [0.3, 0.4) is 0 Å². The zero-order valence-corrected chi connectivity index (χ0v) is 18.5. The first-order valence-corrected chi connectivity index (χ1v) is 11.7. The molecule has 5 nitrogen and oxygen atoms in total. The van der Waals surface area contributed by atoms with Crippen molar-refractivity contribution in [2.75, 3.05) is 38.5 Å². The molecule has 2 N–H and O–H groups in total. The number of rotatable bonds is 10. The van der Waals surface area contributed by atoms with Crippen molar-refractivity contribution in [2.24, 2.45) is 10.9 Å². The number of hydrogen-bond donors (Lipinski definition) is 2. The number of carbonyl (C=O) groups excluding carboxylic acids is 1. The van der Waals surface area contributed by atoms with Crippen LogP contribution in [0.5, 0.6) is 0 Å². The van der Waals surface area contributed by atoms with E-state index in [9.17, 15) is 4.79 Å². The van der Waals surface area contributed by atoms with Crippen LogP contribution >= 0.6 is 11.8 Å². The summed E-state index contributed by atoms with van der Waals surface area (Å²) in [6, 6.07) is 20.8. The molecular formula is C24H32N4OS. The molecule has 0 radical (unpaired) electrons. The quantitative estimate of drug-likeness (QED) is 0.266. The molecule has 0 bridgehead atoms. The lowest BCUT2D eigenvalue weighted by Crippen LogP contribution is -2.38. The smallest absolute Gasteiger partial charge is 0.223 e. The summed E-state index contributed by atoms with van der Waals surface area (Å²) in [6.07, 6.45) is 1.51. The highest BCUT2D eigenvalue weighted by atomic mass is 32.2. The van der Waals surface area contributed by atoms with Gasteiger partial charge in [-0.2, -0.15) is 0 Å². The maximum absolute atomic E-state index is 12.4. The number of amides is 1. The van der Waals surface area contributed by atoms with Crippen molar-refractivity contribution in [1.82, 2.24) is 15.5 Å². The minimum absolute atomic E-state index is 0.253. The van der Waals surface area contributed by atoms with Gasteiger partial charge in [0.1, 0.15) is 0 Å². The van der Waals surface area contributed by atoms with Gasteiger partial charge in [-0.25, -0.2) is 0 Å². The number of nitrogens with one attached hydrogen (secondary N) is 2. The van der Waals surface area contributed by atoms with Crippen molar-refractivity contribution >= 4 is 23.6 Å². The van der Waals surface area contributed by atoms with Crippen molar-refractivity contribution in [2.45, 2.75) is 24.7 Å². The topological polar surface area (TPSA) is 56.7 Å². The molecule has 30 heavy (non-hydrogen) atoms. The van der Waals surface area contributed by atoms with Gasteiger partial charge in [-0.05, 0) is 31.0 Å². The summed E-state index contributed by atoms with van der Waals surface area (Å²) in [6.45, 7) is 6.01. The van der Waals surface area contributed by atoms with E-state index in [1.54, 1.807) is 0 Å². The normalized spacial score (nSPS) is 16.7. The van der Waals surface area contributed by atoms with Gasteiger partial charge in [0.05, 0.1) is 0 Å². The summed E-state index contributed by atoms with van der Waals surface area (Å²) in [5.41, 5.74) is 1.28. The van der Waals surface area contributed by atoms with E-state index in [2.05, 4.69) is 54.0 Å². The van der Waals surface area contributed by atoms with Crippen LogP contribution in [0.15, 0.2) is 70.6 Å². The number of likely N-dealkylation sites (tertiary alicyclic amines) is 1. The molecule has 0 aromatic heterocycles. The van der Waals surface area contributed by atoms with E-state index in [0.717, 1.165) is 44.3 Å². The molecule has 1 unspecified atom stereocenters. The summed E-state index contributed by atoms with van der Waals surface area (Å²) in [5, 5.41) is 6.71. The molecule has 2 aromatic rings. The molecule has 1 aliphatic heterocycles. The molecular weight excluding hydrogens is 392 g/mol. The Morgan fingerprint density at radius 3 is 2.57 bits per heavy atom. The molecule has 1 amide bonds. The molecule has 1 heterocycles. The van der Waals surface area contributed by atoms with Crippen LogP contribution in [0, 0.1) is 5.92 Å². The Bertz CT molecular complexity index is 797. The summed E-state index contributed by atoms with van der Waals surface area (Å²) >= 11 is 1.83. The van der Waals surface area contributed by atoms with E-state index in [1.807, 2.05) is 40.9 Å². The van der Waals surface area contributed by atoms with Gasteiger partial charge >= 0.3 is 0 Å². The Kier molecular flexibility index (Phi) is 9.09. The second-order valence-electron chi connectivity index (χ2n) is 7.45. The van der Waals surface area contributed by atoms with Crippen molar-refractivity contribution in [3.8, 4) is 0 Å². The molecule has 1 saturated heterocycles. The van der Waals surface area contributed by atoms with Gasteiger partial charge in [-0.3, -0.25) is 9.79 Å². The lowest BCUT2D eigenvalue weighted by molar-refractivity contribution is -0.127. The molecule has 0 aliphatic carbocycles. The summed E-state index contributed by atoms with van der Waals surface area (Å²) < 4.78 is 0. The van der Waals surface area contributed by atoms with Crippen molar-refractivity contribution in [1.29, 1.82) is 0 Å². The summed E-state index contributed by atoms with van der Waals surface area (Å²) in [5.74, 6) is 2.36. The lowest BCUT2D eigenvalue weighted by Gasteiger charge is -2.16. The Morgan fingerprint density at radius 2 is 1.83 bits per heavy atom. The van der Waals surface area contributed by atoms with Gasteiger partial charge in [-0.15, -0.1) is 11.8 Å². The largest absolute Gasteiger partial charge is 0.357 e. The fraction of sp³-hybridized carbons (Fsp3) is 0.417. The van der Waals surface area contributed by atoms with Crippen molar-refractivity contribution < 1.29 is 4.79 Å². The second kappa shape index (κ2) is 12.3. The number of carbonyl (C=O) groups is 1. The minimum Gasteiger partial charge on any atom is -0.357 e. The Hall–Kier alpha value is -2.47. The van der Waals surface area contributed by atoms with Crippen LogP contribution in [0.4, 0.5) is 0 Å². The zero-order valence-electron chi connectivity index (χ0n) is 17.7. The monoisotopic (exact) mass is 424 g/mol. The fourth-order valence-electron chi connectivity index (χ4n) is 3.52. The predicted molar refractivity (Wildman–Crippen MR) is 126 cm³/mol. The van der Waals surface area contributed by atoms with Crippen LogP contribution in [0.1, 0.15) is 18.9 Å². The average molecular weight is 425 g/mol. The fourth-order valence-corrected chi connectivity index (χ4v) is 4.31. The lowest BCUT2D eigenvalue weighted by atomic mass is 10.1.